The summed E-state index contributed by atoms with van der Waals surface area (Å²) in [6.07, 6.45) is 7.90. The Balaban J connectivity index is 1.53. The Kier molecular flexibility index (Phi) is 4.22. The molecule has 0 aromatic carbocycles. The second-order valence-electron chi connectivity index (χ2n) is 6.26. The fourth-order valence-corrected chi connectivity index (χ4v) is 4.26. The van der Waals surface area contributed by atoms with E-state index in [1.807, 2.05) is 41.7 Å². The minimum Gasteiger partial charge on any atom is -0.337 e. The zero-order valence-corrected chi connectivity index (χ0v) is 14.8. The molecule has 1 atom stereocenters. The van der Waals surface area contributed by atoms with E-state index >= 15 is 0 Å². The van der Waals surface area contributed by atoms with Crippen molar-refractivity contribution in [1.29, 1.82) is 0 Å². The Morgan fingerprint density at radius 3 is 3.00 bits per heavy atom. The molecular weight excluding hydrogens is 320 g/mol. The molecular formula is C17H22N6S. The van der Waals surface area contributed by atoms with Crippen LogP contribution in [0.4, 0.5) is 0 Å². The molecule has 0 aliphatic carbocycles. The molecule has 6 nitrogen and oxygen atoms in total. The van der Waals surface area contributed by atoms with Crippen LogP contribution in [-0.2, 0) is 20.6 Å². The van der Waals surface area contributed by atoms with E-state index in [2.05, 4.69) is 50.2 Å². The van der Waals surface area contributed by atoms with Gasteiger partial charge in [0.25, 0.3) is 0 Å². The van der Waals surface area contributed by atoms with Crippen LogP contribution in [0.1, 0.15) is 16.7 Å². The highest BCUT2D eigenvalue weighted by Gasteiger charge is 2.27. The molecule has 0 bridgehead atoms. The van der Waals surface area contributed by atoms with E-state index in [1.165, 1.54) is 15.3 Å². The summed E-state index contributed by atoms with van der Waals surface area (Å²) in [5.74, 6) is 1.13. The van der Waals surface area contributed by atoms with Crippen LogP contribution in [0.25, 0.3) is 10.4 Å². The molecule has 4 heterocycles. The molecule has 0 saturated carbocycles. The van der Waals surface area contributed by atoms with Crippen molar-refractivity contribution in [3.8, 4) is 10.4 Å². The van der Waals surface area contributed by atoms with E-state index < -0.39 is 0 Å². The molecule has 7 heteroatoms. The highest BCUT2D eigenvalue weighted by Crippen LogP contribution is 2.30. The summed E-state index contributed by atoms with van der Waals surface area (Å²) in [4.78, 5) is 9.75. The van der Waals surface area contributed by atoms with Gasteiger partial charge >= 0.3 is 0 Å². The number of piperazine rings is 1. The van der Waals surface area contributed by atoms with Gasteiger partial charge in [-0.15, -0.1) is 11.3 Å². The summed E-state index contributed by atoms with van der Waals surface area (Å²) in [6.45, 7) is 3.98. The lowest BCUT2D eigenvalue weighted by molar-refractivity contribution is 0.146. The molecule has 3 aromatic rings. The second-order valence-corrected chi connectivity index (χ2v) is 7.42. The van der Waals surface area contributed by atoms with Gasteiger partial charge < -0.3 is 9.88 Å². The molecule has 4 rings (SSSR count). The highest BCUT2D eigenvalue weighted by atomic mass is 32.1. The van der Waals surface area contributed by atoms with Crippen molar-refractivity contribution < 1.29 is 0 Å². The second kappa shape index (κ2) is 6.51. The molecule has 3 aromatic heterocycles. The number of imidazole rings is 1. The van der Waals surface area contributed by atoms with Gasteiger partial charge in [-0.2, -0.15) is 5.10 Å². The van der Waals surface area contributed by atoms with Gasteiger partial charge in [-0.3, -0.25) is 9.58 Å². The van der Waals surface area contributed by atoms with Gasteiger partial charge in [-0.05, 0) is 12.1 Å². The third-order valence-corrected chi connectivity index (χ3v) is 5.64. The molecule has 1 aliphatic rings. The molecule has 1 aliphatic heterocycles. The van der Waals surface area contributed by atoms with E-state index in [9.17, 15) is 0 Å². The number of hydrogen-bond acceptors (Lipinski definition) is 5. The number of hydrogen-bond donors (Lipinski definition) is 1. The summed E-state index contributed by atoms with van der Waals surface area (Å²) in [5.41, 5.74) is 1.19. The van der Waals surface area contributed by atoms with Gasteiger partial charge in [0.05, 0.1) is 12.2 Å². The number of aryl methyl sites for hydroxylation is 2. The maximum Gasteiger partial charge on any atom is 0.127 e. The van der Waals surface area contributed by atoms with Gasteiger partial charge in [0.2, 0.25) is 0 Å². The third-order valence-electron chi connectivity index (χ3n) is 4.52. The Morgan fingerprint density at radius 2 is 2.25 bits per heavy atom. The summed E-state index contributed by atoms with van der Waals surface area (Å²) in [6, 6.07) is 4.77. The summed E-state index contributed by atoms with van der Waals surface area (Å²) in [7, 11) is 4.02. The first-order valence-electron chi connectivity index (χ1n) is 8.20. The smallest absolute Gasteiger partial charge is 0.127 e. The highest BCUT2D eigenvalue weighted by molar-refractivity contribution is 7.15. The van der Waals surface area contributed by atoms with Crippen molar-refractivity contribution >= 4 is 11.3 Å². The predicted octanol–water partition coefficient (Wildman–Crippen LogP) is 2.03. The molecule has 0 amide bonds. The van der Waals surface area contributed by atoms with Crippen molar-refractivity contribution in [3.05, 3.63) is 47.6 Å². The average Bonchev–Trinajstić information content (AvgIpc) is 3.30. The van der Waals surface area contributed by atoms with Crippen molar-refractivity contribution in [2.24, 2.45) is 14.1 Å². The van der Waals surface area contributed by atoms with Gasteiger partial charge in [0.1, 0.15) is 5.82 Å². The Morgan fingerprint density at radius 1 is 1.33 bits per heavy atom. The van der Waals surface area contributed by atoms with Gasteiger partial charge in [-0.1, -0.05) is 0 Å². The number of nitrogens with zero attached hydrogens (tertiary/aromatic N) is 5. The lowest BCUT2D eigenvalue weighted by Crippen LogP contribution is -2.46. The fourth-order valence-electron chi connectivity index (χ4n) is 3.26. The van der Waals surface area contributed by atoms with Gasteiger partial charge in [-0.25, -0.2) is 4.98 Å². The Labute approximate surface area is 145 Å². The third kappa shape index (κ3) is 3.02. The summed E-state index contributed by atoms with van der Waals surface area (Å²) in [5, 5.41) is 7.76. The minimum atomic E-state index is 0.322. The van der Waals surface area contributed by atoms with E-state index in [1.54, 1.807) is 0 Å². The molecule has 24 heavy (non-hydrogen) atoms. The molecule has 0 spiro atoms. The van der Waals surface area contributed by atoms with Crippen molar-refractivity contribution in [2.75, 3.05) is 19.6 Å². The number of thiophene rings is 1. The first-order chi connectivity index (χ1) is 11.7. The number of aromatic nitrogens is 4. The van der Waals surface area contributed by atoms with Crippen LogP contribution in [0.15, 0.2) is 36.9 Å². The maximum absolute atomic E-state index is 4.56. The van der Waals surface area contributed by atoms with Crippen molar-refractivity contribution in [3.63, 3.8) is 0 Å². The quantitative estimate of drug-likeness (QED) is 0.788. The maximum atomic E-state index is 4.56. The van der Waals surface area contributed by atoms with E-state index in [-0.39, 0.29) is 0 Å². The molecule has 126 valence electrons. The lowest BCUT2D eigenvalue weighted by Gasteiger charge is -2.35. The fraction of sp³-hybridized carbons (Fsp3) is 0.412. The zero-order chi connectivity index (χ0) is 16.5. The SMILES string of the molecule is Cn1cc(-c2ccc(CN3CCNCC3c3nccn3C)s2)cn1. The first kappa shape index (κ1) is 15.6. The number of rotatable bonds is 4. The van der Waals surface area contributed by atoms with Crippen molar-refractivity contribution in [1.82, 2.24) is 29.5 Å². The first-order valence-corrected chi connectivity index (χ1v) is 9.02. The van der Waals surface area contributed by atoms with Crippen LogP contribution < -0.4 is 5.32 Å². The van der Waals surface area contributed by atoms with Gasteiger partial charge in [0, 0.05) is 74.2 Å². The van der Waals surface area contributed by atoms with Crippen LogP contribution in [0, 0.1) is 0 Å². The van der Waals surface area contributed by atoms with Crippen LogP contribution in [0.2, 0.25) is 0 Å². The van der Waals surface area contributed by atoms with E-state index in [0.29, 0.717) is 6.04 Å². The zero-order valence-electron chi connectivity index (χ0n) is 14.0. The molecule has 1 N–H and O–H groups in total. The topological polar surface area (TPSA) is 50.9 Å². The van der Waals surface area contributed by atoms with Crippen LogP contribution >= 0.6 is 11.3 Å². The number of nitrogens with one attached hydrogen (secondary N) is 1. The largest absolute Gasteiger partial charge is 0.337 e. The van der Waals surface area contributed by atoms with E-state index in [0.717, 1.165) is 32.0 Å². The summed E-state index contributed by atoms with van der Waals surface area (Å²) < 4.78 is 3.97. The normalized spacial score (nSPS) is 19.0. The molecule has 1 fully saturated rings. The standard InChI is InChI=1S/C17H22N6S/c1-21-7-6-19-17(21)15-10-18-5-8-23(15)12-14-3-4-16(24-14)13-9-20-22(2)11-13/h3-4,6-7,9,11,15,18H,5,8,10,12H2,1-2H3. The van der Waals surface area contributed by atoms with Crippen LogP contribution in [0.3, 0.4) is 0 Å². The Bertz CT molecular complexity index is 817. The van der Waals surface area contributed by atoms with E-state index in [4.69, 9.17) is 0 Å². The predicted molar refractivity (Wildman–Crippen MR) is 95.7 cm³/mol. The molecule has 0 radical (unpaired) electrons. The minimum absolute atomic E-state index is 0.322. The molecule has 1 saturated heterocycles. The monoisotopic (exact) mass is 342 g/mol. The Hall–Kier alpha value is -1.96. The lowest BCUT2D eigenvalue weighted by atomic mass is 10.1. The van der Waals surface area contributed by atoms with Gasteiger partial charge in [0.15, 0.2) is 0 Å². The summed E-state index contributed by atoms with van der Waals surface area (Å²) >= 11 is 1.85. The van der Waals surface area contributed by atoms with Crippen LogP contribution in [0.5, 0.6) is 0 Å². The molecule has 1 unspecified atom stereocenters. The average molecular weight is 342 g/mol. The van der Waals surface area contributed by atoms with Crippen LogP contribution in [-0.4, -0.2) is 43.9 Å². The van der Waals surface area contributed by atoms with Crippen molar-refractivity contribution in [2.45, 2.75) is 12.6 Å².